The summed E-state index contributed by atoms with van der Waals surface area (Å²) in [7, 11) is 0. The summed E-state index contributed by atoms with van der Waals surface area (Å²) in [6.07, 6.45) is 0.488. The number of hydrogen-bond acceptors (Lipinski definition) is 7. The Kier molecular flexibility index (Phi) is 5.80. The zero-order valence-electron chi connectivity index (χ0n) is 14.5. The molecular weight excluding hydrogens is 316 g/mol. The maximum atomic E-state index is 12.4. The number of carbonyl (C=O) groups excluding carboxylic acids is 1. The Morgan fingerprint density at radius 1 is 1.52 bits per heavy atom. The number of rotatable bonds is 4. The Hall–Kier alpha value is -1.41. The van der Waals surface area contributed by atoms with Crippen LogP contribution < -0.4 is 5.32 Å². The first-order chi connectivity index (χ1) is 10.7. The number of amides is 1. The van der Waals surface area contributed by atoms with Crippen molar-refractivity contribution in [2.24, 2.45) is 0 Å². The number of nitrogens with one attached hydrogen (secondary N) is 1. The van der Waals surface area contributed by atoms with E-state index in [0.29, 0.717) is 19.8 Å². The van der Waals surface area contributed by atoms with Crippen LogP contribution in [-0.4, -0.2) is 58.6 Å². The molecule has 0 spiro atoms. The standard InChI is InChI=1S/C15H26N4O3S/c1-10(16-13-18-17-11(2)23-13)8-12-9-21-7-6-19(12)14(20)22-15(3,4)5/h10,12H,6-9H2,1-5H3,(H,16,18). The van der Waals surface area contributed by atoms with Gasteiger partial charge in [0.05, 0.1) is 19.3 Å². The summed E-state index contributed by atoms with van der Waals surface area (Å²) in [6.45, 7) is 11.3. The lowest BCUT2D eigenvalue weighted by Crippen LogP contribution is -2.51. The van der Waals surface area contributed by atoms with Crippen LogP contribution in [-0.2, 0) is 9.47 Å². The summed E-state index contributed by atoms with van der Waals surface area (Å²) >= 11 is 1.52. The quantitative estimate of drug-likeness (QED) is 0.906. The van der Waals surface area contributed by atoms with E-state index in [0.717, 1.165) is 16.6 Å². The number of carbonyl (C=O) groups is 1. The molecule has 1 aromatic rings. The molecule has 23 heavy (non-hydrogen) atoms. The zero-order chi connectivity index (χ0) is 17.0. The number of ether oxygens (including phenoxy) is 2. The van der Waals surface area contributed by atoms with Crippen molar-refractivity contribution in [3.8, 4) is 0 Å². The van der Waals surface area contributed by atoms with Crippen LogP contribution in [0.5, 0.6) is 0 Å². The number of anilines is 1. The van der Waals surface area contributed by atoms with Gasteiger partial charge in [-0.3, -0.25) is 0 Å². The van der Waals surface area contributed by atoms with E-state index in [4.69, 9.17) is 9.47 Å². The van der Waals surface area contributed by atoms with Gasteiger partial charge in [0.25, 0.3) is 0 Å². The Morgan fingerprint density at radius 3 is 2.87 bits per heavy atom. The third-order valence-corrected chi connectivity index (χ3v) is 4.15. The van der Waals surface area contributed by atoms with Gasteiger partial charge < -0.3 is 19.7 Å². The van der Waals surface area contributed by atoms with Crippen molar-refractivity contribution >= 4 is 22.6 Å². The fourth-order valence-corrected chi connectivity index (χ4v) is 3.15. The first kappa shape index (κ1) is 17.9. The van der Waals surface area contributed by atoms with Crippen LogP contribution >= 0.6 is 11.3 Å². The van der Waals surface area contributed by atoms with Gasteiger partial charge in [-0.25, -0.2) is 4.79 Å². The van der Waals surface area contributed by atoms with E-state index in [9.17, 15) is 4.79 Å². The molecule has 0 aromatic carbocycles. The molecule has 2 heterocycles. The van der Waals surface area contributed by atoms with Gasteiger partial charge in [-0.1, -0.05) is 11.3 Å². The average Bonchev–Trinajstić information content (AvgIpc) is 2.82. The first-order valence-electron chi connectivity index (χ1n) is 7.88. The van der Waals surface area contributed by atoms with Gasteiger partial charge in [0, 0.05) is 12.6 Å². The number of hydrogen-bond donors (Lipinski definition) is 1. The molecule has 0 saturated carbocycles. The van der Waals surface area contributed by atoms with E-state index in [2.05, 4.69) is 22.4 Å². The van der Waals surface area contributed by atoms with Crippen molar-refractivity contribution in [1.82, 2.24) is 15.1 Å². The Morgan fingerprint density at radius 2 is 2.26 bits per heavy atom. The van der Waals surface area contributed by atoms with Crippen molar-refractivity contribution in [3.05, 3.63) is 5.01 Å². The van der Waals surface area contributed by atoms with E-state index in [-0.39, 0.29) is 18.2 Å². The fraction of sp³-hybridized carbons (Fsp3) is 0.800. The molecule has 1 amide bonds. The van der Waals surface area contributed by atoms with Gasteiger partial charge in [-0.2, -0.15) is 0 Å². The Labute approximate surface area is 141 Å². The van der Waals surface area contributed by atoms with Crippen molar-refractivity contribution in [2.75, 3.05) is 25.1 Å². The predicted octanol–water partition coefficient (Wildman–Crippen LogP) is 2.67. The minimum Gasteiger partial charge on any atom is -0.444 e. The van der Waals surface area contributed by atoms with Gasteiger partial charge in [-0.15, -0.1) is 10.2 Å². The number of morpholine rings is 1. The molecule has 1 aliphatic rings. The molecule has 1 saturated heterocycles. The lowest BCUT2D eigenvalue weighted by molar-refractivity contribution is -0.0345. The largest absolute Gasteiger partial charge is 0.444 e. The second kappa shape index (κ2) is 7.44. The molecular formula is C15H26N4O3S. The van der Waals surface area contributed by atoms with Crippen molar-refractivity contribution in [1.29, 1.82) is 0 Å². The topological polar surface area (TPSA) is 76.6 Å². The molecule has 7 nitrogen and oxygen atoms in total. The molecule has 1 fully saturated rings. The summed E-state index contributed by atoms with van der Waals surface area (Å²) in [4.78, 5) is 14.2. The van der Waals surface area contributed by atoms with Gasteiger partial charge >= 0.3 is 6.09 Å². The number of nitrogens with zero attached hydrogens (tertiary/aromatic N) is 3. The van der Waals surface area contributed by atoms with Crippen LogP contribution in [0.4, 0.5) is 9.93 Å². The number of aryl methyl sites for hydroxylation is 1. The molecule has 1 aliphatic heterocycles. The Balaban J connectivity index is 1.93. The predicted molar refractivity (Wildman–Crippen MR) is 89.9 cm³/mol. The van der Waals surface area contributed by atoms with Crippen LogP contribution in [0.15, 0.2) is 0 Å². The highest BCUT2D eigenvalue weighted by atomic mass is 32.1. The van der Waals surface area contributed by atoms with Crippen molar-refractivity contribution < 1.29 is 14.3 Å². The van der Waals surface area contributed by atoms with Crippen molar-refractivity contribution in [2.45, 2.75) is 58.7 Å². The summed E-state index contributed by atoms with van der Waals surface area (Å²) in [6, 6.07) is 0.147. The second-order valence-electron chi connectivity index (χ2n) is 6.81. The van der Waals surface area contributed by atoms with Crippen LogP contribution in [0.1, 0.15) is 39.1 Å². The van der Waals surface area contributed by atoms with E-state index in [1.54, 1.807) is 4.90 Å². The fourth-order valence-electron chi connectivity index (χ4n) is 2.44. The lowest BCUT2D eigenvalue weighted by Gasteiger charge is -2.37. The average molecular weight is 342 g/mol. The van der Waals surface area contributed by atoms with Crippen LogP contribution in [0.25, 0.3) is 0 Å². The summed E-state index contributed by atoms with van der Waals surface area (Å²) in [5.41, 5.74) is -0.492. The first-order valence-corrected chi connectivity index (χ1v) is 8.70. The summed E-state index contributed by atoms with van der Waals surface area (Å²) in [5, 5.41) is 13.1. The minimum absolute atomic E-state index is 0.00452. The molecule has 0 bridgehead atoms. The second-order valence-corrected chi connectivity index (χ2v) is 7.99. The third-order valence-electron chi connectivity index (χ3n) is 3.38. The molecule has 8 heteroatoms. The van der Waals surface area contributed by atoms with Crippen LogP contribution in [0.3, 0.4) is 0 Å². The molecule has 2 atom stereocenters. The monoisotopic (exact) mass is 342 g/mol. The zero-order valence-corrected chi connectivity index (χ0v) is 15.3. The highest BCUT2D eigenvalue weighted by molar-refractivity contribution is 7.15. The molecule has 2 rings (SSSR count). The Bertz CT molecular complexity index is 529. The van der Waals surface area contributed by atoms with E-state index in [1.165, 1.54) is 11.3 Å². The van der Waals surface area contributed by atoms with E-state index >= 15 is 0 Å². The maximum absolute atomic E-state index is 12.4. The molecule has 1 N–H and O–H groups in total. The minimum atomic E-state index is -0.492. The third kappa shape index (κ3) is 5.62. The lowest BCUT2D eigenvalue weighted by atomic mass is 10.1. The molecule has 0 radical (unpaired) electrons. The molecule has 0 aliphatic carbocycles. The van der Waals surface area contributed by atoms with Gasteiger partial charge in [-0.05, 0) is 41.0 Å². The number of aromatic nitrogens is 2. The smallest absolute Gasteiger partial charge is 0.410 e. The van der Waals surface area contributed by atoms with Gasteiger partial charge in [0.1, 0.15) is 10.6 Å². The van der Waals surface area contributed by atoms with Crippen LogP contribution in [0.2, 0.25) is 0 Å². The van der Waals surface area contributed by atoms with E-state index < -0.39 is 5.60 Å². The normalized spacial score (nSPS) is 20.2. The maximum Gasteiger partial charge on any atom is 0.410 e. The molecule has 130 valence electrons. The van der Waals surface area contributed by atoms with Crippen molar-refractivity contribution in [3.63, 3.8) is 0 Å². The highest BCUT2D eigenvalue weighted by Crippen LogP contribution is 2.20. The SMILES string of the molecule is Cc1nnc(NC(C)CC2COCCN2C(=O)OC(C)(C)C)s1. The van der Waals surface area contributed by atoms with Crippen LogP contribution in [0, 0.1) is 6.92 Å². The van der Waals surface area contributed by atoms with Gasteiger partial charge in [0.2, 0.25) is 5.13 Å². The summed E-state index contributed by atoms with van der Waals surface area (Å²) in [5.74, 6) is 0. The highest BCUT2D eigenvalue weighted by Gasteiger charge is 2.32. The van der Waals surface area contributed by atoms with Gasteiger partial charge in [0.15, 0.2) is 0 Å². The molecule has 1 aromatic heterocycles. The van der Waals surface area contributed by atoms with E-state index in [1.807, 2.05) is 27.7 Å². The summed E-state index contributed by atoms with van der Waals surface area (Å²) < 4.78 is 11.0. The molecule has 2 unspecified atom stereocenters.